The van der Waals surface area contributed by atoms with E-state index in [2.05, 4.69) is 159 Å². The zero-order valence-corrected chi connectivity index (χ0v) is 36.6. The van der Waals surface area contributed by atoms with Gasteiger partial charge in [0, 0.05) is 35.7 Å². The maximum atomic E-state index is 5.95. The van der Waals surface area contributed by atoms with E-state index in [1.165, 1.54) is 16.5 Å². The molecule has 0 N–H and O–H groups in total. The Morgan fingerprint density at radius 3 is 1.34 bits per heavy atom. The zero-order valence-electron chi connectivity index (χ0n) is 31.3. The minimum absolute atomic E-state index is 0.0114. The molecule has 0 bridgehead atoms. The van der Waals surface area contributed by atoms with Gasteiger partial charge >= 0.3 is 0 Å². The van der Waals surface area contributed by atoms with E-state index in [-0.39, 0.29) is 23.0 Å². The lowest BCUT2D eigenvalue weighted by atomic mass is 9.39. The van der Waals surface area contributed by atoms with Crippen molar-refractivity contribution in [3.63, 3.8) is 0 Å². The highest BCUT2D eigenvalue weighted by Gasteiger charge is 2.68. The Balaban J connectivity index is 1.56. The first-order chi connectivity index (χ1) is 27.2. The second-order valence-corrected chi connectivity index (χ2v) is 18.5. The monoisotopic (exact) mass is 836 g/mol. The van der Waals surface area contributed by atoms with Crippen LogP contribution in [0, 0.1) is 11.8 Å². The molecule has 1 saturated carbocycles. The van der Waals surface area contributed by atoms with Gasteiger partial charge in [0.15, 0.2) is 0 Å². The highest BCUT2D eigenvalue weighted by atomic mass is 32.1. The SMILES string of the molecule is CC1CC(c2ccc3ccccc3c2S)C(c2ccc3ccccc3c2S)(C(C)CS)C(c2ccc3ccccc3c2S)(c2ccc3ccccc3c2S)C1S. The maximum absolute atomic E-state index is 5.95. The van der Waals surface area contributed by atoms with Gasteiger partial charge in [0.25, 0.3) is 0 Å². The third-order valence-corrected chi connectivity index (χ3v) is 16.5. The van der Waals surface area contributed by atoms with Crippen LogP contribution in [-0.4, -0.2) is 11.0 Å². The molecule has 9 rings (SSSR count). The summed E-state index contributed by atoms with van der Waals surface area (Å²) in [6, 6.07) is 52.9. The van der Waals surface area contributed by atoms with Gasteiger partial charge in [-0.05, 0) is 95.3 Å². The van der Waals surface area contributed by atoms with E-state index in [0.29, 0.717) is 5.75 Å². The van der Waals surface area contributed by atoms with E-state index in [1.54, 1.807) is 0 Å². The van der Waals surface area contributed by atoms with Crippen LogP contribution >= 0.6 is 75.8 Å². The summed E-state index contributed by atoms with van der Waals surface area (Å²) in [5, 5.41) is 8.96. The van der Waals surface area contributed by atoms with Gasteiger partial charge in [-0.15, -0.1) is 50.5 Å². The second kappa shape index (κ2) is 14.9. The topological polar surface area (TPSA) is 0 Å². The number of thiol groups is 6. The molecule has 0 saturated heterocycles. The van der Waals surface area contributed by atoms with Crippen LogP contribution in [-0.2, 0) is 10.8 Å². The van der Waals surface area contributed by atoms with Crippen LogP contribution in [0.25, 0.3) is 43.1 Å². The summed E-state index contributed by atoms with van der Waals surface area (Å²) < 4.78 is 0. The first kappa shape index (κ1) is 38.4. The minimum atomic E-state index is -0.825. The Hall–Kier alpha value is -3.10. The van der Waals surface area contributed by atoms with Gasteiger partial charge < -0.3 is 0 Å². The number of hydrogen-bond acceptors (Lipinski definition) is 6. The van der Waals surface area contributed by atoms with Crippen LogP contribution < -0.4 is 0 Å². The molecule has 6 heteroatoms. The van der Waals surface area contributed by atoms with Crippen LogP contribution in [0.5, 0.6) is 0 Å². The Morgan fingerprint density at radius 2 is 0.893 bits per heavy atom. The number of hydrogen-bond donors (Lipinski definition) is 6. The van der Waals surface area contributed by atoms with Crippen LogP contribution in [0.3, 0.4) is 0 Å². The molecule has 0 heterocycles. The zero-order chi connectivity index (χ0) is 38.9. The molecular weight excluding hydrogens is 793 g/mol. The van der Waals surface area contributed by atoms with E-state index >= 15 is 0 Å². The van der Waals surface area contributed by atoms with E-state index in [9.17, 15) is 0 Å². The molecule has 8 aromatic carbocycles. The summed E-state index contributed by atoms with van der Waals surface area (Å²) in [7, 11) is 0. The molecule has 5 atom stereocenters. The lowest BCUT2D eigenvalue weighted by molar-refractivity contribution is 0.0661. The van der Waals surface area contributed by atoms with Crippen molar-refractivity contribution in [2.45, 2.75) is 61.8 Å². The van der Waals surface area contributed by atoms with Crippen LogP contribution in [0.15, 0.2) is 165 Å². The number of benzene rings is 8. The molecular formula is C50H44S6. The Labute approximate surface area is 363 Å². The van der Waals surface area contributed by atoms with Crippen molar-refractivity contribution in [1.29, 1.82) is 0 Å². The van der Waals surface area contributed by atoms with E-state index in [0.717, 1.165) is 74.8 Å². The van der Waals surface area contributed by atoms with Crippen molar-refractivity contribution in [2.75, 3.05) is 5.75 Å². The van der Waals surface area contributed by atoms with Crippen LogP contribution in [0.4, 0.5) is 0 Å². The molecule has 0 aliphatic heterocycles. The van der Waals surface area contributed by atoms with Gasteiger partial charge in [-0.3, -0.25) is 0 Å². The molecule has 0 amide bonds. The predicted octanol–water partition coefficient (Wildman–Crippen LogP) is 14.4. The molecule has 0 spiro atoms. The molecule has 8 aromatic rings. The van der Waals surface area contributed by atoms with Crippen LogP contribution in [0.2, 0.25) is 0 Å². The molecule has 1 aliphatic carbocycles. The smallest absolute Gasteiger partial charge is 0.0449 e. The van der Waals surface area contributed by atoms with Crippen LogP contribution in [0.1, 0.15) is 48.4 Å². The summed E-state index contributed by atoms with van der Waals surface area (Å²) in [5.41, 5.74) is 3.14. The summed E-state index contributed by atoms with van der Waals surface area (Å²) in [5.74, 6) is 0.714. The van der Waals surface area contributed by atoms with Gasteiger partial charge in [0.2, 0.25) is 0 Å². The molecule has 56 heavy (non-hydrogen) atoms. The van der Waals surface area contributed by atoms with E-state index in [4.69, 9.17) is 75.8 Å². The molecule has 0 radical (unpaired) electrons. The van der Waals surface area contributed by atoms with Crippen molar-refractivity contribution in [3.8, 4) is 0 Å². The molecule has 0 nitrogen and oxygen atoms in total. The fourth-order valence-corrected chi connectivity index (χ4v) is 13.5. The number of rotatable bonds is 6. The quantitative estimate of drug-likeness (QED) is 0.0884. The summed E-state index contributed by atoms with van der Waals surface area (Å²) in [6.07, 6.45) is 0.880. The van der Waals surface area contributed by atoms with Crippen molar-refractivity contribution in [3.05, 3.63) is 168 Å². The maximum Gasteiger partial charge on any atom is 0.0449 e. The minimum Gasteiger partial charge on any atom is -0.179 e. The summed E-state index contributed by atoms with van der Waals surface area (Å²) in [6.45, 7) is 4.78. The van der Waals surface area contributed by atoms with Crippen molar-refractivity contribution in [2.24, 2.45) is 11.8 Å². The van der Waals surface area contributed by atoms with Gasteiger partial charge in [0.1, 0.15) is 0 Å². The largest absolute Gasteiger partial charge is 0.179 e. The van der Waals surface area contributed by atoms with Crippen molar-refractivity contribution in [1.82, 2.24) is 0 Å². The molecule has 1 fully saturated rings. The standard InChI is InChI=1S/C50H44S6/c1-29-27-43(39-23-19-31-11-3-7-15-35(31)44(39)52)49(30(2)28-51,40-24-20-32-12-4-8-16-36(32)45(40)53)50(48(29)56,41-25-21-33-13-5-9-17-37(33)46(41)54)42-26-22-34-14-6-10-18-38(34)47(42)55/h3-26,29-30,43,48,51-56H,27-28H2,1-2H3. The van der Waals surface area contributed by atoms with Gasteiger partial charge in [-0.2, -0.15) is 25.3 Å². The average molecular weight is 837 g/mol. The molecule has 5 unspecified atom stereocenters. The third kappa shape index (κ3) is 5.49. The van der Waals surface area contributed by atoms with Gasteiger partial charge in [-0.1, -0.05) is 159 Å². The summed E-state index contributed by atoms with van der Waals surface area (Å²) in [4.78, 5) is 3.90. The van der Waals surface area contributed by atoms with Crippen molar-refractivity contribution < 1.29 is 0 Å². The molecule has 280 valence electrons. The molecule has 1 aliphatic rings. The fraction of sp³-hybridized carbons (Fsp3) is 0.200. The van der Waals surface area contributed by atoms with Gasteiger partial charge in [0.05, 0.1) is 0 Å². The predicted molar refractivity (Wildman–Crippen MR) is 260 cm³/mol. The highest BCUT2D eigenvalue weighted by Crippen LogP contribution is 2.70. The first-order valence-electron chi connectivity index (χ1n) is 19.3. The average Bonchev–Trinajstić information content (AvgIpc) is 3.23. The lowest BCUT2D eigenvalue weighted by Gasteiger charge is -2.66. The first-order valence-corrected chi connectivity index (χ1v) is 22.2. The Morgan fingerprint density at radius 1 is 0.518 bits per heavy atom. The Bertz CT molecular complexity index is 2720. The van der Waals surface area contributed by atoms with Crippen molar-refractivity contribution >= 4 is 119 Å². The van der Waals surface area contributed by atoms with E-state index < -0.39 is 10.8 Å². The fourth-order valence-electron chi connectivity index (χ4n) is 10.7. The van der Waals surface area contributed by atoms with Gasteiger partial charge in [-0.25, -0.2) is 0 Å². The molecule has 0 aromatic heterocycles. The lowest BCUT2D eigenvalue weighted by Crippen LogP contribution is -2.66. The second-order valence-electron chi connectivity index (χ2n) is 15.7. The highest BCUT2D eigenvalue weighted by molar-refractivity contribution is 7.81. The Kier molecular flexibility index (Phi) is 10.2. The normalized spacial score (nSPS) is 21.5. The third-order valence-electron chi connectivity index (χ3n) is 13.1. The number of fused-ring (bicyclic) bond motifs is 4. The summed E-state index contributed by atoms with van der Waals surface area (Å²) >= 11 is 33.5. The van der Waals surface area contributed by atoms with E-state index in [1.807, 2.05) is 0 Å².